The van der Waals surface area contributed by atoms with Gasteiger partial charge in [-0.15, -0.1) is 0 Å². The van der Waals surface area contributed by atoms with Crippen molar-refractivity contribution in [1.82, 2.24) is 5.23 Å². The van der Waals surface area contributed by atoms with Crippen molar-refractivity contribution in [2.45, 2.75) is 50.0 Å². The average molecular weight is 226 g/mol. The Morgan fingerprint density at radius 2 is 1.75 bits per heavy atom. The molecule has 0 heterocycles. The van der Waals surface area contributed by atoms with Gasteiger partial charge in [0.2, 0.25) is 0 Å². The van der Waals surface area contributed by atoms with E-state index >= 15 is 0 Å². The fraction of sp³-hybridized carbons (Fsp3) is 0.909. The van der Waals surface area contributed by atoms with Gasteiger partial charge in [-0.25, -0.2) is 8.78 Å². The summed E-state index contributed by atoms with van der Waals surface area (Å²) in [5.41, 5.74) is -0.357. The fourth-order valence-corrected chi connectivity index (χ4v) is 3.32. The molecule has 1 N–H and O–H groups in total. The Morgan fingerprint density at radius 1 is 1.19 bits per heavy atom. The van der Waals surface area contributed by atoms with Crippen molar-refractivity contribution in [3.05, 3.63) is 0 Å². The van der Waals surface area contributed by atoms with Crippen LogP contribution in [0.2, 0.25) is 0 Å². The Balaban J connectivity index is 1.96. The molecule has 0 aromatic rings. The molecule has 2 aliphatic carbocycles. The first-order chi connectivity index (χ1) is 7.51. The molecule has 88 valence electrons. The van der Waals surface area contributed by atoms with Gasteiger partial charge in [0.1, 0.15) is 0 Å². The van der Waals surface area contributed by atoms with Crippen LogP contribution in [0, 0.1) is 23.2 Å². The van der Waals surface area contributed by atoms with Crippen LogP contribution in [0.25, 0.3) is 0 Å². The predicted molar refractivity (Wildman–Crippen MR) is 59.7 cm³/mol. The molecule has 16 heavy (non-hydrogen) atoms. The lowest BCUT2D eigenvalue weighted by Gasteiger charge is -2.53. The molecule has 0 aliphatic heterocycles. The van der Waals surface area contributed by atoms with Gasteiger partial charge in [-0.3, -0.25) is 0 Å². The molecule has 5 heteroatoms. The molecule has 2 rings (SSSR count). The average Bonchev–Trinajstić information content (AvgIpc) is 2.25. The minimum Gasteiger partial charge on any atom is -0.356 e. The van der Waals surface area contributed by atoms with Crippen LogP contribution in [-0.2, 0) is 0 Å². The molecule has 2 aliphatic rings. The first kappa shape index (κ1) is 11.8. The standard InChI is InChI=1S/C11H17BF2N2/c12-16-10(6-11(13,14)7-10)9-3-1-8(5-15)2-4-9/h8-9,16H,1-4,6-7,12H2. The largest absolute Gasteiger partial charge is 0.356 e. The highest BCUT2D eigenvalue weighted by atomic mass is 19.3. The maximum atomic E-state index is 13.0. The van der Waals surface area contributed by atoms with Gasteiger partial charge in [0.15, 0.2) is 7.98 Å². The van der Waals surface area contributed by atoms with Crippen molar-refractivity contribution in [2.75, 3.05) is 0 Å². The van der Waals surface area contributed by atoms with Crippen molar-refractivity contribution in [3.63, 3.8) is 0 Å². The number of hydrogen-bond donors (Lipinski definition) is 1. The Labute approximate surface area is 95.8 Å². The van der Waals surface area contributed by atoms with Crippen LogP contribution >= 0.6 is 0 Å². The van der Waals surface area contributed by atoms with Gasteiger partial charge in [0.05, 0.1) is 6.07 Å². The molecule has 0 radical (unpaired) electrons. The number of halogens is 2. The monoisotopic (exact) mass is 226 g/mol. The van der Waals surface area contributed by atoms with Gasteiger partial charge in [-0.05, 0) is 31.6 Å². The van der Waals surface area contributed by atoms with E-state index in [-0.39, 0.29) is 24.3 Å². The summed E-state index contributed by atoms with van der Waals surface area (Å²) in [6.45, 7) is 0. The normalized spacial score (nSPS) is 36.1. The van der Waals surface area contributed by atoms with E-state index in [0.717, 1.165) is 25.7 Å². The van der Waals surface area contributed by atoms with E-state index in [9.17, 15) is 8.78 Å². The smallest absolute Gasteiger partial charge is 0.251 e. The number of hydrogen-bond acceptors (Lipinski definition) is 2. The molecule has 0 aromatic heterocycles. The molecule has 0 bridgehead atoms. The van der Waals surface area contributed by atoms with E-state index in [2.05, 4.69) is 11.3 Å². The van der Waals surface area contributed by atoms with Crippen molar-refractivity contribution >= 4 is 7.98 Å². The topological polar surface area (TPSA) is 35.8 Å². The summed E-state index contributed by atoms with van der Waals surface area (Å²) in [5.74, 6) is -2.01. The van der Waals surface area contributed by atoms with Gasteiger partial charge >= 0.3 is 0 Å². The third kappa shape index (κ3) is 1.95. The lowest BCUT2D eigenvalue weighted by Crippen LogP contribution is -2.64. The van der Waals surface area contributed by atoms with Gasteiger partial charge in [0, 0.05) is 24.3 Å². The van der Waals surface area contributed by atoms with Crippen LogP contribution in [-0.4, -0.2) is 19.4 Å². The quantitative estimate of drug-likeness (QED) is 0.726. The maximum absolute atomic E-state index is 13.0. The summed E-state index contributed by atoms with van der Waals surface area (Å²) in [4.78, 5) is 0. The van der Waals surface area contributed by atoms with Gasteiger partial charge < -0.3 is 5.23 Å². The predicted octanol–water partition coefficient (Wildman–Crippen LogP) is 1.62. The summed E-state index contributed by atoms with van der Waals surface area (Å²) in [6, 6.07) is 2.28. The minimum absolute atomic E-state index is 0.0294. The number of nitrogens with one attached hydrogen (secondary N) is 1. The molecule has 0 unspecified atom stereocenters. The lowest BCUT2D eigenvalue weighted by molar-refractivity contribution is -0.149. The zero-order valence-corrected chi connectivity index (χ0v) is 9.60. The second-order valence-corrected chi connectivity index (χ2v) is 5.29. The number of rotatable bonds is 2. The van der Waals surface area contributed by atoms with Crippen LogP contribution < -0.4 is 5.23 Å². The van der Waals surface area contributed by atoms with Gasteiger partial charge in [-0.1, -0.05) is 0 Å². The Kier molecular flexibility index (Phi) is 2.96. The van der Waals surface area contributed by atoms with E-state index in [1.54, 1.807) is 7.98 Å². The summed E-state index contributed by atoms with van der Waals surface area (Å²) in [6.07, 6.45) is 3.51. The van der Waals surface area contributed by atoms with Crippen LogP contribution in [0.4, 0.5) is 8.78 Å². The summed E-state index contributed by atoms with van der Waals surface area (Å²) in [5, 5.41) is 11.9. The highest BCUT2D eigenvalue weighted by Gasteiger charge is 2.58. The van der Waals surface area contributed by atoms with Gasteiger partial charge in [0.25, 0.3) is 5.92 Å². The van der Waals surface area contributed by atoms with E-state index in [0.29, 0.717) is 5.92 Å². The van der Waals surface area contributed by atoms with E-state index in [1.807, 2.05) is 0 Å². The van der Waals surface area contributed by atoms with Crippen molar-refractivity contribution in [3.8, 4) is 6.07 Å². The Hall–Kier alpha value is -0.625. The second kappa shape index (κ2) is 3.99. The molecule has 0 amide bonds. The third-order valence-electron chi connectivity index (χ3n) is 4.34. The van der Waals surface area contributed by atoms with E-state index < -0.39 is 5.92 Å². The second-order valence-electron chi connectivity index (χ2n) is 5.29. The van der Waals surface area contributed by atoms with Crippen LogP contribution in [0.3, 0.4) is 0 Å². The molecule has 0 aromatic carbocycles. The summed E-state index contributed by atoms with van der Waals surface area (Å²) in [7, 11) is 1.78. The molecule has 0 saturated heterocycles. The third-order valence-corrected chi connectivity index (χ3v) is 4.34. The number of alkyl halides is 2. The van der Waals surface area contributed by atoms with E-state index in [1.165, 1.54) is 0 Å². The summed E-state index contributed by atoms with van der Waals surface area (Å²) >= 11 is 0. The number of nitriles is 1. The molecule has 0 atom stereocenters. The Morgan fingerprint density at radius 3 is 2.12 bits per heavy atom. The maximum Gasteiger partial charge on any atom is 0.251 e. The highest BCUT2D eigenvalue weighted by molar-refractivity contribution is 6.05. The highest BCUT2D eigenvalue weighted by Crippen LogP contribution is 2.52. The van der Waals surface area contributed by atoms with Crippen molar-refractivity contribution in [2.24, 2.45) is 11.8 Å². The summed E-state index contributed by atoms with van der Waals surface area (Å²) < 4.78 is 26.1. The van der Waals surface area contributed by atoms with E-state index in [4.69, 9.17) is 5.26 Å². The molecule has 2 fully saturated rings. The molecular formula is C11H17BF2N2. The zero-order valence-electron chi connectivity index (χ0n) is 9.60. The van der Waals surface area contributed by atoms with Crippen LogP contribution in [0.5, 0.6) is 0 Å². The molecule has 0 spiro atoms. The molecular weight excluding hydrogens is 209 g/mol. The van der Waals surface area contributed by atoms with Crippen LogP contribution in [0.15, 0.2) is 0 Å². The first-order valence-electron chi connectivity index (χ1n) is 5.98. The first-order valence-corrected chi connectivity index (χ1v) is 5.98. The van der Waals surface area contributed by atoms with Crippen LogP contribution in [0.1, 0.15) is 38.5 Å². The van der Waals surface area contributed by atoms with Gasteiger partial charge in [-0.2, -0.15) is 5.26 Å². The molecule has 2 nitrogen and oxygen atoms in total. The fourth-order valence-electron chi connectivity index (χ4n) is 3.32. The lowest BCUT2D eigenvalue weighted by atomic mass is 9.60. The Bertz CT molecular complexity index is 298. The van der Waals surface area contributed by atoms with Crippen molar-refractivity contribution in [1.29, 1.82) is 5.26 Å². The number of nitrogens with zero attached hydrogens (tertiary/aromatic N) is 1. The zero-order chi connectivity index (χ0) is 11.8. The van der Waals surface area contributed by atoms with Crippen molar-refractivity contribution < 1.29 is 8.78 Å². The molecule has 2 saturated carbocycles. The SMILES string of the molecule is BNC1(C2CCC(C#N)CC2)CC(F)(F)C1. The minimum atomic E-state index is -2.48.